The first-order chi connectivity index (χ1) is 13.2. The van der Waals surface area contributed by atoms with E-state index in [4.69, 9.17) is 9.47 Å². The van der Waals surface area contributed by atoms with Crippen LogP contribution in [0.2, 0.25) is 88.6 Å². The van der Waals surface area contributed by atoms with E-state index in [1.54, 1.807) is 10.4 Å². The van der Waals surface area contributed by atoms with Crippen molar-refractivity contribution in [2.24, 2.45) is 0 Å². The number of hydrogen-bond donors (Lipinski definition) is 0. The molecule has 0 bridgehead atoms. The van der Waals surface area contributed by atoms with Gasteiger partial charge in [-0.3, -0.25) is 0 Å². The quantitative estimate of drug-likeness (QED) is 0.351. The van der Waals surface area contributed by atoms with Crippen molar-refractivity contribution in [1.29, 1.82) is 0 Å². The molecule has 8 heteroatoms. The summed E-state index contributed by atoms with van der Waals surface area (Å²) in [5.74, 6) is -0.672. The molecule has 0 heterocycles. The standard InChI is InChI=1S/C22H42O4Si4/c1-25-19(23)15-16(20(24)26-2)22(30(12,13)14)18(28(6,7)8)17(27(3,4)5)21(15,22)29(9,10)11/h1-14H3. The summed E-state index contributed by atoms with van der Waals surface area (Å²) in [4.78, 5) is 26.6. The molecule has 0 aliphatic heterocycles. The highest BCUT2D eigenvalue weighted by atomic mass is 28.3. The van der Waals surface area contributed by atoms with Gasteiger partial charge in [-0.2, -0.15) is 0 Å². The number of carbonyl (C=O) groups excluding carboxylic acids is 2. The van der Waals surface area contributed by atoms with Crippen LogP contribution in [0, 0.1) is 0 Å². The number of allylic oxidation sites excluding steroid dienone is 2. The molecule has 0 radical (unpaired) electrons. The zero-order valence-electron chi connectivity index (χ0n) is 21.6. The second-order valence-electron chi connectivity index (χ2n) is 13.0. The molecule has 0 fully saturated rings. The van der Waals surface area contributed by atoms with Crippen molar-refractivity contribution < 1.29 is 19.1 Å². The lowest BCUT2D eigenvalue weighted by Gasteiger charge is -2.80. The van der Waals surface area contributed by atoms with Gasteiger partial charge in [0, 0.05) is 10.1 Å². The molecule has 0 N–H and O–H groups in total. The smallest absolute Gasteiger partial charge is 0.334 e. The minimum Gasteiger partial charge on any atom is -0.466 e. The van der Waals surface area contributed by atoms with Crippen molar-refractivity contribution in [3.63, 3.8) is 0 Å². The molecule has 0 aromatic heterocycles. The fourth-order valence-electron chi connectivity index (χ4n) is 6.84. The molecule has 0 aromatic rings. The van der Waals surface area contributed by atoms with E-state index >= 15 is 0 Å². The maximum atomic E-state index is 13.3. The van der Waals surface area contributed by atoms with Gasteiger partial charge in [-0.05, 0) is 0 Å². The minimum atomic E-state index is -2.03. The molecule has 4 nitrogen and oxygen atoms in total. The van der Waals surface area contributed by atoms with Crippen LogP contribution in [0.15, 0.2) is 21.5 Å². The Labute approximate surface area is 187 Å². The van der Waals surface area contributed by atoms with Crippen molar-refractivity contribution in [3.05, 3.63) is 21.5 Å². The Morgan fingerprint density at radius 3 is 0.933 bits per heavy atom. The molecule has 30 heavy (non-hydrogen) atoms. The van der Waals surface area contributed by atoms with Crippen molar-refractivity contribution >= 4 is 44.2 Å². The predicted octanol–water partition coefficient (Wildman–Crippen LogP) is 5.86. The van der Waals surface area contributed by atoms with Gasteiger partial charge in [-0.1, -0.05) is 89.0 Å². The number of ether oxygens (including phenoxy) is 2. The average molecular weight is 483 g/mol. The molecule has 2 atom stereocenters. The molecule has 2 aliphatic rings. The molecule has 0 saturated heterocycles. The van der Waals surface area contributed by atoms with Gasteiger partial charge in [0.25, 0.3) is 0 Å². The second-order valence-corrected chi connectivity index (χ2v) is 33.5. The lowest BCUT2D eigenvalue weighted by atomic mass is 9.57. The zero-order chi connectivity index (χ0) is 23.9. The highest BCUT2D eigenvalue weighted by Crippen LogP contribution is 2.92. The lowest BCUT2D eigenvalue weighted by Crippen LogP contribution is -2.77. The highest BCUT2D eigenvalue weighted by molar-refractivity contribution is 7.01. The first kappa shape index (κ1) is 25.5. The van der Waals surface area contributed by atoms with Crippen LogP contribution in [0.5, 0.6) is 0 Å². The molecule has 0 spiro atoms. The van der Waals surface area contributed by atoms with E-state index in [0.717, 1.165) is 0 Å². The second kappa shape index (κ2) is 6.89. The summed E-state index contributed by atoms with van der Waals surface area (Å²) in [5, 5.41) is 2.48. The monoisotopic (exact) mass is 482 g/mol. The van der Waals surface area contributed by atoms with Gasteiger partial charge in [0.15, 0.2) is 0 Å². The van der Waals surface area contributed by atoms with Crippen molar-refractivity contribution in [3.8, 4) is 0 Å². The summed E-state index contributed by atoms with van der Waals surface area (Å²) in [6.07, 6.45) is 0. The topological polar surface area (TPSA) is 52.6 Å². The third kappa shape index (κ3) is 2.78. The number of carbonyl (C=O) groups is 2. The normalized spacial score (nSPS) is 27.3. The van der Waals surface area contributed by atoms with E-state index in [2.05, 4.69) is 78.6 Å². The van der Waals surface area contributed by atoms with Crippen molar-refractivity contribution in [2.45, 2.75) is 88.6 Å². The van der Waals surface area contributed by atoms with Crippen LogP contribution in [0.1, 0.15) is 0 Å². The van der Waals surface area contributed by atoms with Crippen LogP contribution in [0.4, 0.5) is 0 Å². The largest absolute Gasteiger partial charge is 0.466 e. The number of hydrogen-bond acceptors (Lipinski definition) is 4. The van der Waals surface area contributed by atoms with Gasteiger partial charge < -0.3 is 9.47 Å². The Hall–Kier alpha value is -0.712. The summed E-state index contributed by atoms with van der Waals surface area (Å²) in [6, 6.07) is 0. The van der Waals surface area contributed by atoms with E-state index in [-0.39, 0.29) is 22.0 Å². The molecule has 2 aliphatic carbocycles. The highest BCUT2D eigenvalue weighted by Gasteiger charge is 2.85. The molecule has 2 unspecified atom stereocenters. The van der Waals surface area contributed by atoms with Crippen molar-refractivity contribution in [1.82, 2.24) is 0 Å². The average Bonchev–Trinajstić information content (AvgIpc) is 2.48. The Morgan fingerprint density at radius 1 is 0.567 bits per heavy atom. The van der Waals surface area contributed by atoms with E-state index in [1.165, 1.54) is 14.2 Å². The maximum absolute atomic E-state index is 13.3. The summed E-state index contributed by atoms with van der Waals surface area (Å²) in [6.45, 7) is 28.7. The Balaban J connectivity index is 3.27. The van der Waals surface area contributed by atoms with Crippen LogP contribution < -0.4 is 0 Å². The van der Waals surface area contributed by atoms with Crippen LogP contribution in [0.25, 0.3) is 0 Å². The third-order valence-electron chi connectivity index (χ3n) is 7.09. The molecule has 0 saturated carbocycles. The Bertz CT molecular complexity index is 790. The van der Waals surface area contributed by atoms with E-state index in [9.17, 15) is 9.59 Å². The van der Waals surface area contributed by atoms with Crippen LogP contribution in [-0.2, 0) is 19.1 Å². The SMILES string of the molecule is COC(=O)C1=C(C(=O)OC)C2([Si](C)(C)C)C([Si](C)(C)C)=C([Si](C)(C)C)C12[Si](C)(C)C. The molecular formula is C22H42O4Si4. The Morgan fingerprint density at radius 2 is 0.800 bits per heavy atom. The number of fused-ring (bicyclic) bond motifs is 1. The first-order valence-corrected chi connectivity index (χ1v) is 24.9. The van der Waals surface area contributed by atoms with Crippen LogP contribution in [0.3, 0.4) is 0 Å². The lowest BCUT2D eigenvalue weighted by molar-refractivity contribution is -0.141. The fraction of sp³-hybridized carbons (Fsp3) is 0.727. The third-order valence-corrected chi connectivity index (χ3v) is 18.6. The maximum Gasteiger partial charge on any atom is 0.334 e. The summed E-state index contributed by atoms with van der Waals surface area (Å²) in [5.41, 5.74) is 1.27. The van der Waals surface area contributed by atoms with Gasteiger partial charge in [0.1, 0.15) is 0 Å². The summed E-state index contributed by atoms with van der Waals surface area (Å²) in [7, 11) is -4.79. The molecule has 0 aromatic carbocycles. The fourth-order valence-corrected chi connectivity index (χ4v) is 27.5. The van der Waals surface area contributed by atoms with Gasteiger partial charge in [0.2, 0.25) is 0 Å². The number of esters is 2. The van der Waals surface area contributed by atoms with Gasteiger partial charge >= 0.3 is 11.9 Å². The molecule has 0 amide bonds. The van der Waals surface area contributed by atoms with E-state index in [1.807, 2.05) is 0 Å². The van der Waals surface area contributed by atoms with Gasteiger partial charge in [-0.15, -0.1) is 0 Å². The first-order valence-electron chi connectivity index (χ1n) is 10.9. The minimum absolute atomic E-state index is 0.318. The predicted molar refractivity (Wildman–Crippen MR) is 137 cm³/mol. The van der Waals surface area contributed by atoms with Crippen molar-refractivity contribution in [2.75, 3.05) is 14.2 Å². The number of rotatable bonds is 6. The molecular weight excluding hydrogens is 441 g/mol. The zero-order valence-corrected chi connectivity index (χ0v) is 25.6. The van der Waals surface area contributed by atoms with E-state index < -0.39 is 32.3 Å². The van der Waals surface area contributed by atoms with Crippen LogP contribution in [-0.4, -0.2) is 58.5 Å². The van der Waals surface area contributed by atoms with Crippen LogP contribution >= 0.6 is 0 Å². The summed E-state index contributed by atoms with van der Waals surface area (Å²) >= 11 is 0. The van der Waals surface area contributed by atoms with E-state index in [0.29, 0.717) is 11.1 Å². The molecule has 2 rings (SSSR count). The number of methoxy groups -OCH3 is 2. The molecule has 170 valence electrons. The van der Waals surface area contributed by atoms with Gasteiger partial charge in [-0.25, -0.2) is 9.59 Å². The summed E-state index contributed by atoms with van der Waals surface area (Å²) < 4.78 is 10.7. The van der Waals surface area contributed by atoms with Gasteiger partial charge in [0.05, 0.1) is 57.7 Å². The Kier molecular flexibility index (Phi) is 5.87.